The molecular formula is C11H6F10. The van der Waals surface area contributed by atoms with Crippen LogP contribution in [0.15, 0.2) is 18.2 Å². The summed E-state index contributed by atoms with van der Waals surface area (Å²) in [6.07, 6.45) is -12.2. The summed E-state index contributed by atoms with van der Waals surface area (Å²) in [5.41, 5.74) is -4.54. The van der Waals surface area contributed by atoms with Gasteiger partial charge in [0.05, 0.1) is 0 Å². The molecule has 0 aliphatic carbocycles. The number of hydrogen-bond donors (Lipinski definition) is 0. The molecule has 0 saturated heterocycles. The summed E-state index contributed by atoms with van der Waals surface area (Å²) in [5.74, 6) is -11.1. The van der Waals surface area contributed by atoms with Crippen LogP contribution in [0.1, 0.15) is 16.7 Å². The maximum absolute atomic E-state index is 13.1. The summed E-state index contributed by atoms with van der Waals surface area (Å²) < 4.78 is 125. The Hall–Kier alpha value is -1.48. The van der Waals surface area contributed by atoms with E-state index in [0.717, 1.165) is 6.92 Å². The second kappa shape index (κ2) is 4.77. The van der Waals surface area contributed by atoms with Crippen LogP contribution in [-0.4, -0.2) is 12.4 Å². The molecule has 0 N–H and O–H groups in total. The van der Waals surface area contributed by atoms with E-state index in [-0.39, 0.29) is 12.1 Å². The Labute approximate surface area is 111 Å². The van der Waals surface area contributed by atoms with Gasteiger partial charge in [0.2, 0.25) is 0 Å². The topological polar surface area (TPSA) is 0 Å². The molecule has 0 aliphatic rings. The smallest absolute Gasteiger partial charge is 0.191 e. The van der Waals surface area contributed by atoms with E-state index in [1.54, 1.807) is 0 Å². The Morgan fingerprint density at radius 2 is 0.857 bits per heavy atom. The Kier molecular flexibility index (Phi) is 3.99. The summed E-state index contributed by atoms with van der Waals surface area (Å²) in [6, 6.07) is -0.0964. The number of hydrogen-bond acceptors (Lipinski definition) is 0. The average molecular weight is 328 g/mol. The minimum Gasteiger partial charge on any atom is -0.191 e. The first kappa shape index (κ1) is 17.6. The molecule has 120 valence electrons. The normalized spacial score (nSPS) is 14.4. The molecule has 0 aliphatic heterocycles. The second-order valence-electron chi connectivity index (χ2n) is 4.23. The van der Waals surface area contributed by atoms with Gasteiger partial charge in [-0.1, -0.05) is 5.56 Å². The lowest BCUT2D eigenvalue weighted by Gasteiger charge is -2.24. The van der Waals surface area contributed by atoms with E-state index in [1.165, 1.54) is 0 Å². The van der Waals surface area contributed by atoms with Gasteiger partial charge in [-0.15, -0.1) is 0 Å². The maximum atomic E-state index is 13.1. The predicted octanol–water partition coefficient (Wildman–Crippen LogP) is 5.30. The van der Waals surface area contributed by atoms with Gasteiger partial charge in [0.15, 0.2) is 0 Å². The van der Waals surface area contributed by atoms with Crippen molar-refractivity contribution in [3.05, 3.63) is 34.9 Å². The van der Waals surface area contributed by atoms with Crippen LogP contribution < -0.4 is 0 Å². The van der Waals surface area contributed by atoms with Crippen LogP contribution in [0, 0.1) is 6.92 Å². The molecule has 1 rings (SSSR count). The van der Waals surface area contributed by atoms with Gasteiger partial charge >= 0.3 is 24.2 Å². The minimum atomic E-state index is -6.12. The number of aryl methyl sites for hydroxylation is 1. The summed E-state index contributed by atoms with van der Waals surface area (Å²) >= 11 is 0. The summed E-state index contributed by atoms with van der Waals surface area (Å²) in [7, 11) is 0. The fourth-order valence-corrected chi connectivity index (χ4v) is 1.47. The third-order valence-corrected chi connectivity index (χ3v) is 2.51. The number of rotatable bonds is 2. The van der Waals surface area contributed by atoms with Crippen LogP contribution in [0.2, 0.25) is 0 Å². The SMILES string of the molecule is Cc1cc(C(F)(F)C(F)(F)F)cc(C(F)(F)C(F)(F)F)c1. The van der Waals surface area contributed by atoms with Crippen LogP contribution >= 0.6 is 0 Å². The van der Waals surface area contributed by atoms with Crippen molar-refractivity contribution in [2.45, 2.75) is 31.1 Å². The molecule has 0 fully saturated rings. The molecule has 1 aromatic rings. The van der Waals surface area contributed by atoms with Gasteiger partial charge in [-0.2, -0.15) is 43.9 Å². The standard InChI is InChI=1S/C11H6F10/c1-5-2-6(8(12,13)10(16,17)18)4-7(3-5)9(14,15)11(19,20)21/h2-4H,1H3. The van der Waals surface area contributed by atoms with Gasteiger partial charge in [0.1, 0.15) is 0 Å². The van der Waals surface area contributed by atoms with Gasteiger partial charge in [-0.3, -0.25) is 0 Å². The van der Waals surface area contributed by atoms with Crippen molar-refractivity contribution in [3.63, 3.8) is 0 Å². The molecule has 0 nitrogen and oxygen atoms in total. The monoisotopic (exact) mass is 328 g/mol. The van der Waals surface area contributed by atoms with E-state index in [4.69, 9.17) is 0 Å². The highest BCUT2D eigenvalue weighted by Crippen LogP contribution is 2.48. The van der Waals surface area contributed by atoms with Crippen LogP contribution in [0.5, 0.6) is 0 Å². The highest BCUT2D eigenvalue weighted by molar-refractivity contribution is 5.35. The van der Waals surface area contributed by atoms with Crippen LogP contribution in [0.25, 0.3) is 0 Å². The van der Waals surface area contributed by atoms with Crippen molar-refractivity contribution >= 4 is 0 Å². The van der Waals surface area contributed by atoms with Gasteiger partial charge in [0.25, 0.3) is 0 Å². The van der Waals surface area contributed by atoms with Crippen molar-refractivity contribution < 1.29 is 43.9 Å². The first-order chi connectivity index (χ1) is 9.10. The highest BCUT2D eigenvalue weighted by Gasteiger charge is 2.61. The Balaban J connectivity index is 3.50. The minimum absolute atomic E-state index is 0.198. The van der Waals surface area contributed by atoms with E-state index in [9.17, 15) is 43.9 Å². The largest absolute Gasteiger partial charge is 0.458 e. The average Bonchev–Trinajstić information content (AvgIpc) is 2.24. The lowest BCUT2D eigenvalue weighted by atomic mass is 9.98. The van der Waals surface area contributed by atoms with Gasteiger partial charge in [-0.05, 0) is 25.1 Å². The highest BCUT2D eigenvalue weighted by atomic mass is 19.4. The van der Waals surface area contributed by atoms with Crippen molar-refractivity contribution in [2.24, 2.45) is 0 Å². The molecule has 10 heteroatoms. The van der Waals surface area contributed by atoms with Gasteiger partial charge in [-0.25, -0.2) is 0 Å². The molecule has 1 aromatic carbocycles. The molecule has 0 aromatic heterocycles. The Morgan fingerprint density at radius 3 is 1.10 bits per heavy atom. The lowest BCUT2D eigenvalue weighted by molar-refractivity contribution is -0.292. The molecule has 0 saturated carbocycles. The summed E-state index contributed by atoms with van der Waals surface area (Å²) in [4.78, 5) is 0. The second-order valence-corrected chi connectivity index (χ2v) is 4.23. The first-order valence-corrected chi connectivity index (χ1v) is 5.12. The van der Waals surface area contributed by atoms with E-state index in [1.807, 2.05) is 0 Å². The van der Waals surface area contributed by atoms with Crippen LogP contribution in [-0.2, 0) is 11.8 Å². The fraction of sp³-hybridized carbons (Fsp3) is 0.455. The van der Waals surface area contributed by atoms with Crippen molar-refractivity contribution in [1.29, 1.82) is 0 Å². The molecule has 0 spiro atoms. The van der Waals surface area contributed by atoms with E-state index < -0.39 is 47.0 Å². The maximum Gasteiger partial charge on any atom is 0.458 e. The molecule has 0 unspecified atom stereocenters. The van der Waals surface area contributed by atoms with Crippen molar-refractivity contribution in [3.8, 4) is 0 Å². The molecule has 0 amide bonds. The zero-order chi connectivity index (χ0) is 16.9. The molecule has 0 bridgehead atoms. The lowest BCUT2D eigenvalue weighted by Crippen LogP contribution is -2.36. The van der Waals surface area contributed by atoms with Crippen molar-refractivity contribution in [2.75, 3.05) is 0 Å². The van der Waals surface area contributed by atoms with Gasteiger partial charge < -0.3 is 0 Å². The summed E-state index contributed by atoms with van der Waals surface area (Å²) in [5, 5.41) is 0. The van der Waals surface area contributed by atoms with E-state index in [0.29, 0.717) is 0 Å². The zero-order valence-electron chi connectivity index (χ0n) is 10.0. The predicted molar refractivity (Wildman–Crippen MR) is 51.1 cm³/mol. The summed E-state index contributed by atoms with van der Waals surface area (Å²) in [6.45, 7) is 0.825. The van der Waals surface area contributed by atoms with E-state index >= 15 is 0 Å². The number of halogens is 10. The third-order valence-electron chi connectivity index (χ3n) is 2.51. The zero-order valence-corrected chi connectivity index (χ0v) is 10.0. The third kappa shape index (κ3) is 3.08. The molecule has 0 atom stereocenters. The molecular weight excluding hydrogens is 322 g/mol. The molecule has 0 radical (unpaired) electrons. The van der Waals surface area contributed by atoms with Crippen LogP contribution in [0.3, 0.4) is 0 Å². The van der Waals surface area contributed by atoms with Gasteiger partial charge in [0, 0.05) is 11.1 Å². The first-order valence-electron chi connectivity index (χ1n) is 5.12. The van der Waals surface area contributed by atoms with Crippen molar-refractivity contribution in [1.82, 2.24) is 0 Å². The Morgan fingerprint density at radius 1 is 0.571 bits per heavy atom. The molecule has 0 heterocycles. The quantitative estimate of drug-likeness (QED) is 0.646. The number of benzene rings is 1. The number of alkyl halides is 10. The van der Waals surface area contributed by atoms with Crippen LogP contribution in [0.4, 0.5) is 43.9 Å². The Bertz CT molecular complexity index is 479. The fourth-order valence-electron chi connectivity index (χ4n) is 1.47. The van der Waals surface area contributed by atoms with E-state index in [2.05, 4.69) is 0 Å². The molecule has 21 heavy (non-hydrogen) atoms.